The molecular weight excluding hydrogens is 312 g/mol. The molecule has 2 aromatic carbocycles. The summed E-state index contributed by atoms with van der Waals surface area (Å²) in [5.74, 6) is -1.16. The first-order valence-corrected chi connectivity index (χ1v) is 7.98. The Hall–Kier alpha value is -1.82. The summed E-state index contributed by atoms with van der Waals surface area (Å²) in [6, 6.07) is 12.9. The second-order valence-corrected chi connectivity index (χ2v) is 5.74. The second kappa shape index (κ2) is 9.47. The van der Waals surface area contributed by atoms with Crippen molar-refractivity contribution in [3.63, 3.8) is 0 Å². The van der Waals surface area contributed by atoms with Crippen LogP contribution in [0.1, 0.15) is 23.7 Å². The van der Waals surface area contributed by atoms with Gasteiger partial charge in [-0.25, -0.2) is 8.78 Å². The van der Waals surface area contributed by atoms with Gasteiger partial charge in [0, 0.05) is 45.0 Å². The fourth-order valence-corrected chi connectivity index (χ4v) is 2.58. The van der Waals surface area contributed by atoms with Gasteiger partial charge >= 0.3 is 0 Å². The zero-order chi connectivity index (χ0) is 17.4. The highest BCUT2D eigenvalue weighted by Gasteiger charge is 2.15. The molecule has 0 fully saturated rings. The van der Waals surface area contributed by atoms with E-state index in [0.717, 1.165) is 18.1 Å². The number of methoxy groups -OCH3 is 1. The van der Waals surface area contributed by atoms with E-state index in [-0.39, 0.29) is 0 Å². The molecule has 2 aromatic rings. The lowest BCUT2D eigenvalue weighted by molar-refractivity contribution is 0.0989. The van der Waals surface area contributed by atoms with Gasteiger partial charge in [-0.2, -0.15) is 0 Å². The van der Waals surface area contributed by atoms with Crippen LogP contribution in [0.4, 0.5) is 8.78 Å². The zero-order valence-electron chi connectivity index (χ0n) is 13.8. The van der Waals surface area contributed by atoms with Crippen molar-refractivity contribution in [1.82, 2.24) is 4.90 Å². The van der Waals surface area contributed by atoms with E-state index >= 15 is 0 Å². The van der Waals surface area contributed by atoms with Crippen LogP contribution in [0.3, 0.4) is 0 Å². The third-order valence-electron chi connectivity index (χ3n) is 3.85. The third-order valence-corrected chi connectivity index (χ3v) is 3.85. The Morgan fingerprint density at radius 1 is 1.12 bits per heavy atom. The molecule has 0 spiro atoms. The van der Waals surface area contributed by atoms with Crippen LogP contribution < -0.4 is 0 Å². The molecule has 0 aliphatic carbocycles. The number of halogens is 2. The minimum absolute atomic E-state index is 0.305. The normalized spacial score (nSPS) is 12.5. The highest BCUT2D eigenvalue weighted by Crippen LogP contribution is 2.17. The number of hydrogen-bond donors (Lipinski definition) is 1. The van der Waals surface area contributed by atoms with Gasteiger partial charge in [-0.05, 0) is 18.1 Å². The molecule has 0 bridgehead atoms. The maximum Gasteiger partial charge on any atom is 0.130 e. The Morgan fingerprint density at radius 2 is 1.88 bits per heavy atom. The molecule has 0 saturated heterocycles. The van der Waals surface area contributed by atoms with Crippen molar-refractivity contribution < 1.29 is 18.6 Å². The molecule has 0 aliphatic rings. The van der Waals surface area contributed by atoms with Gasteiger partial charge in [0.1, 0.15) is 11.6 Å². The van der Waals surface area contributed by atoms with Crippen molar-refractivity contribution in [3.05, 3.63) is 71.3 Å². The monoisotopic (exact) mass is 335 g/mol. The first-order valence-electron chi connectivity index (χ1n) is 7.98. The van der Waals surface area contributed by atoms with Gasteiger partial charge in [-0.15, -0.1) is 0 Å². The van der Waals surface area contributed by atoms with Crippen LogP contribution in [0, 0.1) is 11.6 Å². The number of nitrogens with zero attached hydrogens (tertiary/aromatic N) is 1. The van der Waals surface area contributed by atoms with Crippen LogP contribution in [0.15, 0.2) is 48.5 Å². The predicted molar refractivity (Wildman–Crippen MR) is 89.5 cm³/mol. The summed E-state index contributed by atoms with van der Waals surface area (Å²) in [6.07, 6.45) is 0.0955. The van der Waals surface area contributed by atoms with Gasteiger partial charge < -0.3 is 9.84 Å². The van der Waals surface area contributed by atoms with Gasteiger partial charge in [0.25, 0.3) is 0 Å². The molecule has 0 aromatic heterocycles. The number of hydrogen-bond acceptors (Lipinski definition) is 3. The Labute approximate surface area is 141 Å². The number of aliphatic hydroxyl groups excluding tert-OH is 1. The average molecular weight is 335 g/mol. The number of benzene rings is 2. The Morgan fingerprint density at radius 3 is 2.54 bits per heavy atom. The van der Waals surface area contributed by atoms with Gasteiger partial charge in [0.2, 0.25) is 0 Å². The maximum atomic E-state index is 13.9. The van der Waals surface area contributed by atoms with Crippen molar-refractivity contribution in [1.29, 1.82) is 0 Å². The summed E-state index contributed by atoms with van der Waals surface area (Å²) in [7, 11) is 1.63. The molecule has 5 heteroatoms. The van der Waals surface area contributed by atoms with E-state index in [2.05, 4.69) is 0 Å². The molecule has 0 heterocycles. The Kier molecular flexibility index (Phi) is 7.31. The molecule has 24 heavy (non-hydrogen) atoms. The van der Waals surface area contributed by atoms with E-state index in [0.29, 0.717) is 31.8 Å². The van der Waals surface area contributed by atoms with E-state index in [9.17, 15) is 13.9 Å². The lowest BCUT2D eigenvalue weighted by Crippen LogP contribution is -2.30. The highest BCUT2D eigenvalue weighted by molar-refractivity contribution is 5.19. The fourth-order valence-electron chi connectivity index (χ4n) is 2.58. The van der Waals surface area contributed by atoms with E-state index in [1.165, 1.54) is 12.1 Å². The standard InChI is InChI=1S/C19H23F2NO2/c1-24-11-5-10-22(13-16-8-9-17(20)12-18(16)21)14-19(23)15-6-3-2-4-7-15/h2-4,6-9,12,19,23H,5,10-11,13-14H2,1H3. The van der Waals surface area contributed by atoms with Gasteiger partial charge in [0.05, 0.1) is 6.10 Å². The summed E-state index contributed by atoms with van der Waals surface area (Å²) in [4.78, 5) is 1.95. The molecule has 1 atom stereocenters. The minimum Gasteiger partial charge on any atom is -0.387 e. The van der Waals surface area contributed by atoms with Crippen LogP contribution in [0.2, 0.25) is 0 Å². The largest absolute Gasteiger partial charge is 0.387 e. The van der Waals surface area contributed by atoms with E-state index in [1.54, 1.807) is 7.11 Å². The quantitative estimate of drug-likeness (QED) is 0.712. The van der Waals surface area contributed by atoms with Crippen LogP contribution in [-0.4, -0.2) is 36.8 Å². The SMILES string of the molecule is COCCCN(Cc1ccc(F)cc1F)CC(O)c1ccccc1. The number of rotatable bonds is 9. The highest BCUT2D eigenvalue weighted by atomic mass is 19.1. The van der Waals surface area contributed by atoms with E-state index < -0.39 is 17.7 Å². The summed E-state index contributed by atoms with van der Waals surface area (Å²) >= 11 is 0. The first kappa shape index (κ1) is 18.5. The molecule has 0 aliphatic heterocycles. The van der Waals surface area contributed by atoms with Crippen LogP contribution in [0.25, 0.3) is 0 Å². The maximum absolute atomic E-state index is 13.9. The summed E-state index contributed by atoms with van der Waals surface area (Å²) in [6.45, 7) is 1.91. The van der Waals surface area contributed by atoms with Crippen molar-refractivity contribution in [2.45, 2.75) is 19.1 Å². The van der Waals surface area contributed by atoms with E-state index in [4.69, 9.17) is 4.74 Å². The van der Waals surface area contributed by atoms with E-state index in [1.807, 2.05) is 35.2 Å². The van der Waals surface area contributed by atoms with Crippen LogP contribution in [-0.2, 0) is 11.3 Å². The van der Waals surface area contributed by atoms with Crippen LogP contribution >= 0.6 is 0 Å². The molecule has 3 nitrogen and oxygen atoms in total. The Bertz CT molecular complexity index is 622. The third kappa shape index (κ3) is 5.67. The van der Waals surface area contributed by atoms with Crippen molar-refractivity contribution >= 4 is 0 Å². The van der Waals surface area contributed by atoms with Crippen molar-refractivity contribution in [3.8, 4) is 0 Å². The second-order valence-electron chi connectivity index (χ2n) is 5.74. The summed E-state index contributed by atoms with van der Waals surface area (Å²) in [5.41, 5.74) is 1.22. The molecule has 0 radical (unpaired) electrons. The molecule has 0 amide bonds. The topological polar surface area (TPSA) is 32.7 Å². The van der Waals surface area contributed by atoms with Crippen molar-refractivity contribution in [2.24, 2.45) is 0 Å². The summed E-state index contributed by atoms with van der Waals surface area (Å²) in [5, 5.41) is 10.4. The van der Waals surface area contributed by atoms with Crippen LogP contribution in [0.5, 0.6) is 0 Å². The number of aliphatic hydroxyl groups is 1. The smallest absolute Gasteiger partial charge is 0.130 e. The number of ether oxygens (including phenoxy) is 1. The van der Waals surface area contributed by atoms with Crippen molar-refractivity contribution in [2.75, 3.05) is 26.8 Å². The molecule has 1 N–H and O–H groups in total. The minimum atomic E-state index is -0.669. The molecule has 1 unspecified atom stereocenters. The lowest BCUT2D eigenvalue weighted by atomic mass is 10.1. The zero-order valence-corrected chi connectivity index (χ0v) is 13.8. The van der Waals surface area contributed by atoms with Gasteiger partial charge in [-0.1, -0.05) is 36.4 Å². The molecule has 2 rings (SSSR count). The average Bonchev–Trinajstić information content (AvgIpc) is 2.58. The lowest BCUT2D eigenvalue weighted by Gasteiger charge is -2.25. The van der Waals surface area contributed by atoms with Gasteiger partial charge in [0.15, 0.2) is 0 Å². The molecule has 130 valence electrons. The first-order chi connectivity index (χ1) is 11.6. The van der Waals surface area contributed by atoms with Gasteiger partial charge in [-0.3, -0.25) is 4.90 Å². The molecular formula is C19H23F2NO2. The Balaban J connectivity index is 2.06. The fraction of sp³-hybridized carbons (Fsp3) is 0.368. The summed E-state index contributed by atoms with van der Waals surface area (Å²) < 4.78 is 32.0. The molecule has 0 saturated carbocycles. The predicted octanol–water partition coefficient (Wildman–Crippen LogP) is 3.54.